The molecule has 0 aromatic carbocycles. The first kappa shape index (κ1) is 17.1. The van der Waals surface area contributed by atoms with E-state index in [-0.39, 0.29) is 5.69 Å². The van der Waals surface area contributed by atoms with Crippen molar-refractivity contribution in [2.24, 2.45) is 0 Å². The molecule has 0 atom stereocenters. The van der Waals surface area contributed by atoms with Gasteiger partial charge in [0, 0.05) is 12.1 Å². The average Bonchev–Trinajstić information content (AvgIpc) is 2.70. The molecule has 0 saturated heterocycles. The molecule has 0 bridgehead atoms. The van der Waals surface area contributed by atoms with E-state index in [2.05, 4.69) is 9.84 Å². The number of hydrogen-bond acceptors (Lipinski definition) is 3. The monoisotopic (exact) mass is 316 g/mol. The van der Waals surface area contributed by atoms with Gasteiger partial charge in [0.25, 0.3) is 0 Å². The van der Waals surface area contributed by atoms with E-state index in [1.54, 1.807) is 0 Å². The van der Waals surface area contributed by atoms with Crippen LogP contribution < -0.4 is 0 Å². The summed E-state index contributed by atoms with van der Waals surface area (Å²) in [7, 11) is 0. The Labute approximate surface area is 115 Å². The highest BCUT2D eigenvalue weighted by atomic mass is 19.4. The predicted octanol–water partition coefficient (Wildman–Crippen LogP) is 3.22. The normalized spacial score (nSPS) is 11.4. The van der Waals surface area contributed by atoms with E-state index < -0.39 is 49.3 Å². The molecule has 0 fully saturated rings. The first-order valence-corrected chi connectivity index (χ1v) is 5.58. The standard InChI is InChI=1S/C11H10F6N2O2/c1-6-4-8(11(15,16)17)18-19(6)5-9(20)21-3-2-7(12)10(13)14/h4H,2-3,5H2,1H3. The summed E-state index contributed by atoms with van der Waals surface area (Å²) in [6.07, 6.45) is -7.96. The first-order valence-electron chi connectivity index (χ1n) is 5.58. The quantitative estimate of drug-likeness (QED) is 0.619. The molecule has 0 aliphatic carbocycles. The van der Waals surface area contributed by atoms with Crippen molar-refractivity contribution in [1.82, 2.24) is 9.78 Å². The topological polar surface area (TPSA) is 44.1 Å². The third-order valence-electron chi connectivity index (χ3n) is 2.34. The number of carbonyl (C=O) groups is 1. The van der Waals surface area contributed by atoms with Gasteiger partial charge in [0.1, 0.15) is 6.54 Å². The van der Waals surface area contributed by atoms with Crippen molar-refractivity contribution in [3.8, 4) is 0 Å². The van der Waals surface area contributed by atoms with E-state index in [4.69, 9.17) is 0 Å². The van der Waals surface area contributed by atoms with E-state index in [1.807, 2.05) is 0 Å². The fourth-order valence-corrected chi connectivity index (χ4v) is 1.33. The molecule has 0 N–H and O–H groups in total. The summed E-state index contributed by atoms with van der Waals surface area (Å²) in [6, 6.07) is 0.744. The van der Waals surface area contributed by atoms with Gasteiger partial charge in [0.15, 0.2) is 11.5 Å². The second-order valence-corrected chi connectivity index (χ2v) is 3.96. The Hall–Kier alpha value is -2.00. The molecule has 0 aliphatic heterocycles. The number of aryl methyl sites for hydroxylation is 1. The summed E-state index contributed by atoms with van der Waals surface area (Å²) in [6.45, 7) is 0.0240. The molecule has 0 aliphatic rings. The van der Waals surface area contributed by atoms with Gasteiger partial charge in [-0.3, -0.25) is 9.48 Å². The van der Waals surface area contributed by atoms with Crippen LogP contribution in [0.1, 0.15) is 17.8 Å². The molecule has 0 amide bonds. The van der Waals surface area contributed by atoms with Gasteiger partial charge >= 0.3 is 18.2 Å². The molecule has 0 radical (unpaired) electrons. The zero-order chi connectivity index (χ0) is 16.2. The molecule has 1 aromatic heterocycles. The number of nitrogens with zero attached hydrogens (tertiary/aromatic N) is 2. The second kappa shape index (κ2) is 6.64. The summed E-state index contributed by atoms with van der Waals surface area (Å²) in [5.41, 5.74) is -1.10. The van der Waals surface area contributed by atoms with Crippen molar-refractivity contribution < 1.29 is 35.9 Å². The molecule has 0 saturated carbocycles. The summed E-state index contributed by atoms with van der Waals surface area (Å²) in [5.74, 6) is -2.72. The zero-order valence-electron chi connectivity index (χ0n) is 10.7. The number of hydrogen-bond donors (Lipinski definition) is 0. The molecular weight excluding hydrogens is 306 g/mol. The smallest absolute Gasteiger partial charge is 0.435 e. The molecule has 0 unspecified atom stereocenters. The molecular formula is C11H10F6N2O2. The highest BCUT2D eigenvalue weighted by molar-refractivity contribution is 5.69. The van der Waals surface area contributed by atoms with E-state index in [1.165, 1.54) is 6.92 Å². The number of ether oxygens (including phenoxy) is 1. The maximum absolute atomic E-state index is 12.4. The van der Waals surface area contributed by atoms with Crippen molar-refractivity contribution in [2.75, 3.05) is 6.61 Å². The van der Waals surface area contributed by atoms with Crippen molar-refractivity contribution >= 4 is 5.97 Å². The largest absolute Gasteiger partial charge is 0.464 e. The van der Waals surface area contributed by atoms with Crippen LogP contribution in [0.2, 0.25) is 0 Å². The minimum absolute atomic E-state index is 0.0696. The highest BCUT2D eigenvalue weighted by Gasteiger charge is 2.34. The molecule has 118 valence electrons. The Morgan fingerprint density at radius 3 is 2.43 bits per heavy atom. The molecule has 1 aromatic rings. The zero-order valence-corrected chi connectivity index (χ0v) is 10.7. The van der Waals surface area contributed by atoms with Gasteiger partial charge in [0.05, 0.1) is 6.61 Å². The predicted molar refractivity (Wildman–Crippen MR) is 57.9 cm³/mol. The first-order chi connectivity index (χ1) is 9.61. The van der Waals surface area contributed by atoms with Crippen LogP contribution in [0.5, 0.6) is 0 Å². The third-order valence-corrected chi connectivity index (χ3v) is 2.34. The van der Waals surface area contributed by atoms with E-state index in [0.29, 0.717) is 0 Å². The molecule has 21 heavy (non-hydrogen) atoms. The number of carbonyl (C=O) groups excluding carboxylic acids is 1. The van der Waals surface area contributed by atoms with Gasteiger partial charge in [-0.15, -0.1) is 0 Å². The average molecular weight is 316 g/mol. The van der Waals surface area contributed by atoms with Crippen LogP contribution in [0.4, 0.5) is 26.3 Å². The maximum Gasteiger partial charge on any atom is 0.435 e. The highest BCUT2D eigenvalue weighted by Crippen LogP contribution is 2.28. The number of aromatic nitrogens is 2. The number of alkyl halides is 3. The van der Waals surface area contributed by atoms with Crippen molar-refractivity contribution in [3.63, 3.8) is 0 Å². The Kier molecular flexibility index (Phi) is 5.39. The summed E-state index contributed by atoms with van der Waals surface area (Å²) in [5, 5.41) is 3.18. The van der Waals surface area contributed by atoms with E-state index in [0.717, 1.165) is 10.7 Å². The summed E-state index contributed by atoms with van der Waals surface area (Å²) in [4.78, 5) is 11.3. The van der Waals surface area contributed by atoms with Crippen LogP contribution in [-0.4, -0.2) is 22.4 Å². The Morgan fingerprint density at radius 2 is 1.95 bits per heavy atom. The van der Waals surface area contributed by atoms with Crippen LogP contribution in [0.3, 0.4) is 0 Å². The molecule has 10 heteroatoms. The Balaban J connectivity index is 2.56. The van der Waals surface area contributed by atoms with Gasteiger partial charge in [0.2, 0.25) is 0 Å². The molecule has 0 spiro atoms. The minimum Gasteiger partial charge on any atom is -0.464 e. The fraction of sp³-hybridized carbons (Fsp3) is 0.455. The number of rotatable bonds is 5. The Bertz CT molecular complexity index is 545. The van der Waals surface area contributed by atoms with Gasteiger partial charge < -0.3 is 4.74 Å². The van der Waals surface area contributed by atoms with Crippen molar-refractivity contribution in [3.05, 3.63) is 29.4 Å². The van der Waals surface area contributed by atoms with Gasteiger partial charge in [-0.2, -0.15) is 27.1 Å². The van der Waals surface area contributed by atoms with Crippen LogP contribution in [-0.2, 0) is 22.3 Å². The molecule has 1 heterocycles. The lowest BCUT2D eigenvalue weighted by atomic mass is 10.3. The van der Waals surface area contributed by atoms with Gasteiger partial charge in [-0.25, -0.2) is 4.39 Å². The molecule has 1 rings (SSSR count). The second-order valence-electron chi connectivity index (χ2n) is 3.96. The minimum atomic E-state index is -4.65. The van der Waals surface area contributed by atoms with E-state index >= 15 is 0 Å². The molecule has 4 nitrogen and oxygen atoms in total. The summed E-state index contributed by atoms with van der Waals surface area (Å²) < 4.78 is 78.1. The maximum atomic E-state index is 12.4. The van der Waals surface area contributed by atoms with E-state index in [9.17, 15) is 31.1 Å². The van der Waals surface area contributed by atoms with Crippen molar-refractivity contribution in [2.45, 2.75) is 26.1 Å². The van der Waals surface area contributed by atoms with Crippen LogP contribution in [0.15, 0.2) is 18.0 Å². The van der Waals surface area contributed by atoms with Crippen molar-refractivity contribution in [1.29, 1.82) is 0 Å². The third kappa shape index (κ3) is 5.12. The number of esters is 1. The van der Waals surface area contributed by atoms with Gasteiger partial charge in [-0.05, 0) is 13.0 Å². The lowest BCUT2D eigenvalue weighted by Gasteiger charge is -2.05. The fourth-order valence-electron chi connectivity index (χ4n) is 1.33. The SMILES string of the molecule is Cc1cc(C(F)(F)F)nn1CC(=O)OCCC(F)=C(F)F. The van der Waals surface area contributed by atoms with Crippen LogP contribution >= 0.6 is 0 Å². The van der Waals surface area contributed by atoms with Crippen LogP contribution in [0.25, 0.3) is 0 Å². The Morgan fingerprint density at radius 1 is 1.33 bits per heavy atom. The number of halogens is 6. The van der Waals surface area contributed by atoms with Crippen LogP contribution in [0, 0.1) is 6.92 Å². The van der Waals surface area contributed by atoms with Gasteiger partial charge in [-0.1, -0.05) is 0 Å². The summed E-state index contributed by atoms with van der Waals surface area (Å²) >= 11 is 0. The lowest BCUT2D eigenvalue weighted by Crippen LogP contribution is -2.17. The lowest BCUT2D eigenvalue weighted by molar-refractivity contribution is -0.146.